The average Bonchev–Trinajstić information content (AvgIpc) is 3.35. The zero-order valence-corrected chi connectivity index (χ0v) is 19.4. The highest BCUT2D eigenvalue weighted by atomic mass is 16.5. The first-order chi connectivity index (χ1) is 17.0. The van der Waals surface area contributed by atoms with Crippen LogP contribution in [0.4, 0.5) is 0 Å². The lowest BCUT2D eigenvalue weighted by atomic mass is 10.2. The SMILES string of the molecule is Cn1c(=O)c2[nH]c(-c3cc(OCc4ccccc4)cc(OCc4ccccc4)c3)nc2n(C)c1=O. The number of nitrogens with one attached hydrogen (secondary N) is 1. The van der Waals surface area contributed by atoms with Crippen LogP contribution in [0.15, 0.2) is 88.5 Å². The summed E-state index contributed by atoms with van der Waals surface area (Å²) in [6.45, 7) is 0.773. The lowest BCUT2D eigenvalue weighted by molar-refractivity contribution is 0.290. The molecule has 176 valence electrons. The number of fused-ring (bicyclic) bond motifs is 1. The Morgan fingerprint density at radius 3 is 1.86 bits per heavy atom. The molecule has 1 N–H and O–H groups in total. The Morgan fingerprint density at radius 1 is 0.771 bits per heavy atom. The molecule has 5 aromatic rings. The fraction of sp³-hybridized carbons (Fsp3) is 0.148. The van der Waals surface area contributed by atoms with Gasteiger partial charge in [-0.3, -0.25) is 13.9 Å². The Morgan fingerprint density at radius 2 is 1.31 bits per heavy atom. The number of hydrogen-bond acceptors (Lipinski definition) is 5. The topological polar surface area (TPSA) is 91.1 Å². The van der Waals surface area contributed by atoms with Crippen molar-refractivity contribution in [2.75, 3.05) is 0 Å². The van der Waals surface area contributed by atoms with Gasteiger partial charge >= 0.3 is 5.69 Å². The van der Waals surface area contributed by atoms with Gasteiger partial charge in [-0.1, -0.05) is 60.7 Å². The van der Waals surface area contributed by atoms with Crippen LogP contribution in [0.2, 0.25) is 0 Å². The van der Waals surface area contributed by atoms with E-state index < -0.39 is 11.2 Å². The maximum Gasteiger partial charge on any atom is 0.332 e. The molecule has 0 saturated heterocycles. The van der Waals surface area contributed by atoms with Gasteiger partial charge in [0.05, 0.1) is 0 Å². The van der Waals surface area contributed by atoms with E-state index in [0.717, 1.165) is 15.7 Å². The predicted molar refractivity (Wildman–Crippen MR) is 134 cm³/mol. The molecule has 0 bridgehead atoms. The minimum atomic E-state index is -0.438. The van der Waals surface area contributed by atoms with Gasteiger partial charge < -0.3 is 14.5 Å². The Labute approximate surface area is 201 Å². The zero-order valence-electron chi connectivity index (χ0n) is 19.4. The van der Waals surface area contributed by atoms with E-state index in [-0.39, 0.29) is 11.2 Å². The fourth-order valence-electron chi connectivity index (χ4n) is 3.82. The molecule has 0 atom stereocenters. The molecule has 0 amide bonds. The quantitative estimate of drug-likeness (QED) is 0.393. The molecular formula is C27H24N4O4. The number of imidazole rings is 1. The summed E-state index contributed by atoms with van der Waals surface area (Å²) in [7, 11) is 3.03. The molecule has 0 unspecified atom stereocenters. The first kappa shape index (κ1) is 22.2. The molecule has 3 aromatic carbocycles. The number of nitrogens with zero attached hydrogens (tertiary/aromatic N) is 3. The second-order valence-corrected chi connectivity index (χ2v) is 8.23. The van der Waals surface area contributed by atoms with Crippen LogP contribution < -0.4 is 20.7 Å². The van der Waals surface area contributed by atoms with Crippen molar-refractivity contribution in [1.82, 2.24) is 19.1 Å². The van der Waals surface area contributed by atoms with Gasteiger partial charge in [0.1, 0.15) is 36.1 Å². The van der Waals surface area contributed by atoms with Crippen LogP contribution in [0, 0.1) is 0 Å². The minimum absolute atomic E-state index is 0.256. The number of ether oxygens (including phenoxy) is 2. The number of aromatic amines is 1. The van der Waals surface area contributed by atoms with Crippen LogP contribution in [-0.4, -0.2) is 19.1 Å². The van der Waals surface area contributed by atoms with Crippen molar-refractivity contribution in [3.8, 4) is 22.9 Å². The normalized spacial score (nSPS) is 11.0. The third-order valence-corrected chi connectivity index (χ3v) is 5.74. The first-order valence-corrected chi connectivity index (χ1v) is 11.1. The van der Waals surface area contributed by atoms with Gasteiger partial charge in [-0.05, 0) is 23.3 Å². The maximum absolute atomic E-state index is 12.6. The molecule has 35 heavy (non-hydrogen) atoms. The monoisotopic (exact) mass is 468 g/mol. The van der Waals surface area contributed by atoms with Crippen molar-refractivity contribution >= 4 is 11.2 Å². The standard InChI is InChI=1S/C27H24N4O4/c1-30-25-23(26(32)31(2)27(30)33)28-24(29-25)20-13-21(34-16-18-9-5-3-6-10-18)15-22(14-20)35-17-19-11-7-4-8-12-19/h3-15H,16-17H2,1-2H3,(H,28,29). The number of aryl methyl sites for hydroxylation is 1. The summed E-state index contributed by atoms with van der Waals surface area (Å²) < 4.78 is 14.5. The molecule has 0 aliphatic carbocycles. The van der Waals surface area contributed by atoms with E-state index in [0.29, 0.717) is 36.1 Å². The molecule has 0 aliphatic heterocycles. The first-order valence-electron chi connectivity index (χ1n) is 11.1. The second kappa shape index (κ2) is 9.34. The van der Waals surface area contributed by atoms with Crippen molar-refractivity contribution in [2.24, 2.45) is 14.1 Å². The summed E-state index contributed by atoms with van der Waals surface area (Å²) >= 11 is 0. The molecule has 8 nitrogen and oxygen atoms in total. The minimum Gasteiger partial charge on any atom is -0.489 e. The van der Waals surface area contributed by atoms with Crippen molar-refractivity contribution < 1.29 is 9.47 Å². The van der Waals surface area contributed by atoms with Gasteiger partial charge in [0.2, 0.25) is 0 Å². The average molecular weight is 469 g/mol. The van der Waals surface area contributed by atoms with Gasteiger partial charge in [-0.25, -0.2) is 9.78 Å². The summed E-state index contributed by atoms with van der Waals surface area (Å²) in [5, 5.41) is 0. The van der Waals surface area contributed by atoms with Crippen LogP contribution >= 0.6 is 0 Å². The highest BCUT2D eigenvalue weighted by Gasteiger charge is 2.16. The third kappa shape index (κ3) is 4.59. The molecular weight excluding hydrogens is 444 g/mol. The van der Waals surface area contributed by atoms with Crippen LogP contribution in [0.3, 0.4) is 0 Å². The summed E-state index contributed by atoms with van der Waals surface area (Å²) in [6.07, 6.45) is 0. The van der Waals surface area contributed by atoms with Crippen molar-refractivity contribution in [1.29, 1.82) is 0 Å². The van der Waals surface area contributed by atoms with Gasteiger partial charge in [0.15, 0.2) is 5.65 Å². The lowest BCUT2D eigenvalue weighted by Gasteiger charge is -2.12. The van der Waals surface area contributed by atoms with Crippen LogP contribution in [-0.2, 0) is 27.3 Å². The smallest absolute Gasteiger partial charge is 0.332 e. The number of hydrogen-bond donors (Lipinski definition) is 1. The number of H-pyrrole nitrogens is 1. The molecule has 2 heterocycles. The summed E-state index contributed by atoms with van der Waals surface area (Å²) in [4.78, 5) is 32.6. The lowest BCUT2D eigenvalue weighted by Crippen LogP contribution is -2.36. The van der Waals surface area contributed by atoms with Crippen LogP contribution in [0.25, 0.3) is 22.6 Å². The number of aromatic nitrogens is 4. The number of benzene rings is 3. The van der Waals surface area contributed by atoms with Crippen LogP contribution in [0.1, 0.15) is 11.1 Å². The molecule has 0 spiro atoms. The highest BCUT2D eigenvalue weighted by Crippen LogP contribution is 2.30. The highest BCUT2D eigenvalue weighted by molar-refractivity contribution is 5.76. The molecule has 0 fully saturated rings. The Balaban J connectivity index is 1.53. The van der Waals surface area contributed by atoms with E-state index in [9.17, 15) is 9.59 Å². The summed E-state index contributed by atoms with van der Waals surface area (Å²) in [5.41, 5.74) is 2.41. The Hall–Kier alpha value is -4.59. The van der Waals surface area contributed by atoms with Gasteiger partial charge in [0, 0.05) is 25.7 Å². The number of rotatable bonds is 7. The summed E-state index contributed by atoms with van der Waals surface area (Å²) in [6, 6.07) is 25.2. The van der Waals surface area contributed by atoms with E-state index in [1.54, 1.807) is 7.05 Å². The molecule has 0 saturated carbocycles. The maximum atomic E-state index is 12.6. The van der Waals surface area contributed by atoms with Crippen molar-refractivity contribution in [3.63, 3.8) is 0 Å². The van der Waals surface area contributed by atoms with Gasteiger partial charge in [-0.2, -0.15) is 0 Å². The third-order valence-electron chi connectivity index (χ3n) is 5.74. The Kier molecular flexibility index (Phi) is 5.93. The zero-order chi connectivity index (χ0) is 24.4. The fourth-order valence-corrected chi connectivity index (χ4v) is 3.82. The van der Waals surface area contributed by atoms with E-state index in [2.05, 4.69) is 9.97 Å². The van der Waals surface area contributed by atoms with E-state index >= 15 is 0 Å². The molecule has 8 heteroatoms. The molecule has 5 rings (SSSR count). The summed E-state index contributed by atoms with van der Waals surface area (Å²) in [5.74, 6) is 1.63. The molecule has 0 aliphatic rings. The molecule has 0 radical (unpaired) electrons. The van der Waals surface area contributed by atoms with Gasteiger partial charge in [0.25, 0.3) is 5.56 Å². The predicted octanol–water partition coefficient (Wildman–Crippen LogP) is 3.79. The van der Waals surface area contributed by atoms with Crippen LogP contribution in [0.5, 0.6) is 11.5 Å². The van der Waals surface area contributed by atoms with E-state index in [4.69, 9.17) is 9.47 Å². The van der Waals surface area contributed by atoms with E-state index in [1.807, 2.05) is 78.9 Å². The van der Waals surface area contributed by atoms with Gasteiger partial charge in [-0.15, -0.1) is 0 Å². The second-order valence-electron chi connectivity index (χ2n) is 8.23. The largest absolute Gasteiger partial charge is 0.489 e. The molecule has 2 aromatic heterocycles. The van der Waals surface area contributed by atoms with E-state index in [1.165, 1.54) is 11.6 Å². The van der Waals surface area contributed by atoms with Crippen molar-refractivity contribution in [3.05, 3.63) is 111 Å². The Bertz CT molecular complexity index is 1540. The van der Waals surface area contributed by atoms with Crippen molar-refractivity contribution in [2.45, 2.75) is 13.2 Å².